The Balaban J connectivity index is 1.51. The van der Waals surface area contributed by atoms with Crippen LogP contribution in [0.5, 0.6) is 0 Å². The Morgan fingerprint density at radius 2 is 1.35 bits per heavy atom. The van der Waals surface area contributed by atoms with E-state index in [9.17, 15) is 9.90 Å². The minimum Gasteiger partial charge on any atom is -0.390 e. The third kappa shape index (κ3) is 1.34. The number of rotatable bonds is 2. The Morgan fingerprint density at radius 1 is 0.950 bits per heavy atom. The Hall–Kier alpha value is -0.280. The van der Waals surface area contributed by atoms with Crippen LogP contribution in [0, 0.1) is 35.5 Å². The first-order valence-corrected chi connectivity index (χ1v) is 8.65. The van der Waals surface area contributed by atoms with E-state index in [1.54, 1.807) is 0 Å². The number of hydrogen-bond donors (Lipinski definition) is 2. The van der Waals surface area contributed by atoms with E-state index in [2.05, 4.69) is 5.32 Å². The van der Waals surface area contributed by atoms with Crippen molar-refractivity contribution in [3.05, 3.63) is 0 Å². The van der Waals surface area contributed by atoms with E-state index in [-0.39, 0.29) is 22.9 Å². The van der Waals surface area contributed by atoms with Crippen LogP contribution in [-0.2, 0) is 4.79 Å². The second kappa shape index (κ2) is 3.55. The van der Waals surface area contributed by atoms with E-state index in [1.165, 1.54) is 0 Å². The SMILES string of the molecule is O=C(CCl)NC12CC3C4CC5(O)CC3C(C1)C(C5)C4C2. The van der Waals surface area contributed by atoms with Gasteiger partial charge in [-0.1, -0.05) is 0 Å². The van der Waals surface area contributed by atoms with Crippen LogP contribution in [0.2, 0.25) is 0 Å². The first-order chi connectivity index (χ1) is 9.53. The molecular weight excluding hydrogens is 274 g/mol. The lowest BCUT2D eigenvalue weighted by molar-refractivity contribution is -0.262. The predicted molar refractivity (Wildman–Crippen MR) is 75.2 cm³/mol. The van der Waals surface area contributed by atoms with Gasteiger partial charge in [0.05, 0.1) is 5.60 Å². The van der Waals surface area contributed by atoms with Gasteiger partial charge in [-0.25, -0.2) is 0 Å². The van der Waals surface area contributed by atoms with Crippen LogP contribution < -0.4 is 5.32 Å². The van der Waals surface area contributed by atoms with E-state index in [0.717, 1.165) is 74.0 Å². The number of nitrogens with one attached hydrogen (secondary N) is 1. The molecule has 8 bridgehead atoms. The van der Waals surface area contributed by atoms with Crippen molar-refractivity contribution in [2.24, 2.45) is 35.5 Å². The molecule has 0 atom stereocenters. The molecule has 3 nitrogen and oxygen atoms in total. The Kier molecular flexibility index (Phi) is 2.18. The first-order valence-electron chi connectivity index (χ1n) is 8.12. The summed E-state index contributed by atoms with van der Waals surface area (Å²) >= 11 is 5.70. The summed E-state index contributed by atoms with van der Waals surface area (Å²) in [4.78, 5) is 11.8. The summed E-state index contributed by atoms with van der Waals surface area (Å²) in [6.07, 6.45) is 6.51. The highest BCUT2D eigenvalue weighted by Gasteiger charge is 2.70. The van der Waals surface area contributed by atoms with Gasteiger partial charge in [-0.2, -0.15) is 0 Å². The van der Waals surface area contributed by atoms with Gasteiger partial charge in [-0.15, -0.1) is 11.6 Å². The molecule has 7 rings (SSSR count). The number of carbonyl (C=O) groups excluding carboxylic acids is 1. The van der Waals surface area contributed by atoms with Gasteiger partial charge in [0.15, 0.2) is 0 Å². The van der Waals surface area contributed by atoms with E-state index in [1.807, 2.05) is 0 Å². The van der Waals surface area contributed by atoms with E-state index < -0.39 is 0 Å². The molecule has 110 valence electrons. The Labute approximate surface area is 124 Å². The number of carbonyl (C=O) groups is 1. The zero-order chi connectivity index (χ0) is 13.7. The highest BCUT2D eigenvalue weighted by Crippen LogP contribution is 2.72. The third-order valence-corrected chi connectivity index (χ3v) is 7.79. The maximum absolute atomic E-state index is 11.8. The summed E-state index contributed by atoms with van der Waals surface area (Å²) in [5.41, 5.74) is -0.289. The van der Waals surface area contributed by atoms with E-state index >= 15 is 0 Å². The molecule has 4 heteroatoms. The standard InChI is InChI=1S/C16H22ClNO2/c17-7-14(19)18-15-1-8-11-4-16(20)5-12(8)10(3-15)13(6-16)9(11)2-15/h8-13,20H,1-7H2,(H,18,19). The zero-order valence-corrected chi connectivity index (χ0v) is 12.4. The van der Waals surface area contributed by atoms with Crippen LogP contribution in [0.25, 0.3) is 0 Å². The molecule has 1 amide bonds. The average molecular weight is 296 g/mol. The quantitative estimate of drug-likeness (QED) is 0.765. The Morgan fingerprint density at radius 3 is 1.75 bits per heavy atom. The summed E-state index contributed by atoms with van der Waals surface area (Å²) in [6.45, 7) is 0. The van der Waals surface area contributed by atoms with Crippen molar-refractivity contribution in [2.45, 2.75) is 49.7 Å². The third-order valence-electron chi connectivity index (χ3n) is 7.55. The molecular formula is C16H22ClNO2. The fraction of sp³-hybridized carbons (Fsp3) is 0.938. The molecule has 7 saturated carbocycles. The molecule has 7 aliphatic carbocycles. The fourth-order valence-corrected chi connectivity index (χ4v) is 7.44. The Bertz CT molecular complexity index is 428. The molecule has 20 heavy (non-hydrogen) atoms. The van der Waals surface area contributed by atoms with E-state index in [0.29, 0.717) is 0 Å². The summed E-state index contributed by atoms with van der Waals surface area (Å²) in [5.74, 6) is 4.53. The highest BCUT2D eigenvalue weighted by molar-refractivity contribution is 6.27. The first kappa shape index (κ1) is 12.3. The largest absolute Gasteiger partial charge is 0.390 e. The van der Waals surface area contributed by atoms with Crippen LogP contribution in [0.1, 0.15) is 38.5 Å². The maximum Gasteiger partial charge on any atom is 0.235 e. The fourth-order valence-electron chi connectivity index (χ4n) is 7.37. The van der Waals surface area contributed by atoms with Gasteiger partial charge in [0, 0.05) is 5.54 Å². The van der Waals surface area contributed by atoms with Crippen LogP contribution in [0.4, 0.5) is 0 Å². The number of halogens is 1. The highest BCUT2D eigenvalue weighted by atomic mass is 35.5. The zero-order valence-electron chi connectivity index (χ0n) is 11.6. The molecule has 0 aromatic carbocycles. The van der Waals surface area contributed by atoms with Crippen molar-refractivity contribution in [3.63, 3.8) is 0 Å². The smallest absolute Gasteiger partial charge is 0.235 e. The molecule has 7 aliphatic rings. The molecule has 2 N–H and O–H groups in total. The van der Waals surface area contributed by atoms with Crippen LogP contribution in [0.15, 0.2) is 0 Å². The predicted octanol–water partition coefficient (Wildman–Crippen LogP) is 1.92. The van der Waals surface area contributed by atoms with Gasteiger partial charge in [0.25, 0.3) is 0 Å². The van der Waals surface area contributed by atoms with Gasteiger partial charge < -0.3 is 10.4 Å². The molecule has 0 spiro atoms. The lowest BCUT2D eigenvalue weighted by Gasteiger charge is -2.74. The molecule has 0 saturated heterocycles. The van der Waals surface area contributed by atoms with Crippen LogP contribution in [-0.4, -0.2) is 28.0 Å². The topological polar surface area (TPSA) is 49.3 Å². The number of amides is 1. The van der Waals surface area contributed by atoms with Crippen molar-refractivity contribution < 1.29 is 9.90 Å². The monoisotopic (exact) mass is 295 g/mol. The van der Waals surface area contributed by atoms with Crippen molar-refractivity contribution in [1.29, 1.82) is 0 Å². The lowest BCUT2D eigenvalue weighted by Crippen LogP contribution is -2.74. The van der Waals surface area contributed by atoms with Crippen LogP contribution >= 0.6 is 11.6 Å². The van der Waals surface area contributed by atoms with Gasteiger partial charge in [0.1, 0.15) is 5.88 Å². The molecule has 0 aromatic rings. The lowest BCUT2D eigenvalue weighted by atomic mass is 9.33. The van der Waals surface area contributed by atoms with Crippen molar-refractivity contribution in [3.8, 4) is 0 Å². The average Bonchev–Trinajstić information content (AvgIpc) is 2.42. The van der Waals surface area contributed by atoms with Crippen molar-refractivity contribution in [1.82, 2.24) is 5.32 Å². The van der Waals surface area contributed by atoms with Gasteiger partial charge in [0.2, 0.25) is 5.91 Å². The second-order valence-electron chi connectivity index (χ2n) is 8.39. The van der Waals surface area contributed by atoms with Gasteiger partial charge in [-0.3, -0.25) is 4.79 Å². The summed E-state index contributed by atoms with van der Waals surface area (Å²) in [7, 11) is 0. The van der Waals surface area contributed by atoms with Crippen LogP contribution in [0.3, 0.4) is 0 Å². The van der Waals surface area contributed by atoms with Crippen molar-refractivity contribution >= 4 is 17.5 Å². The second-order valence-corrected chi connectivity index (χ2v) is 8.66. The molecule has 0 aliphatic heterocycles. The molecule has 0 heterocycles. The summed E-state index contributed by atoms with van der Waals surface area (Å²) in [5, 5.41) is 14.0. The molecule has 0 aromatic heterocycles. The van der Waals surface area contributed by atoms with Gasteiger partial charge in [-0.05, 0) is 74.0 Å². The van der Waals surface area contributed by atoms with Gasteiger partial charge >= 0.3 is 0 Å². The molecule has 0 radical (unpaired) electrons. The van der Waals surface area contributed by atoms with Crippen molar-refractivity contribution in [2.75, 3.05) is 5.88 Å². The molecule has 0 unspecified atom stereocenters. The van der Waals surface area contributed by atoms with E-state index in [4.69, 9.17) is 11.6 Å². The number of hydrogen-bond acceptors (Lipinski definition) is 2. The normalized spacial score (nSPS) is 61.1. The maximum atomic E-state index is 11.8. The summed E-state index contributed by atoms with van der Waals surface area (Å²) in [6, 6.07) is 0. The minimum atomic E-state index is -0.333. The minimum absolute atomic E-state index is 0.00360. The molecule has 7 fully saturated rings. The number of alkyl halides is 1. The number of aliphatic hydroxyl groups is 1. The summed E-state index contributed by atoms with van der Waals surface area (Å²) < 4.78 is 0.